The highest BCUT2D eigenvalue weighted by Crippen LogP contribution is 2.23. The van der Waals surface area contributed by atoms with Crippen LogP contribution < -0.4 is 16.0 Å². The van der Waals surface area contributed by atoms with Crippen molar-refractivity contribution in [2.75, 3.05) is 4.72 Å². The summed E-state index contributed by atoms with van der Waals surface area (Å²) in [6, 6.07) is 12.4. The molecule has 220 valence electrons. The zero-order chi connectivity index (χ0) is 30.2. The quantitative estimate of drug-likeness (QED) is 0.254. The van der Waals surface area contributed by atoms with Gasteiger partial charge in [0, 0.05) is 25.6 Å². The van der Waals surface area contributed by atoms with Gasteiger partial charge >= 0.3 is 5.69 Å². The van der Waals surface area contributed by atoms with E-state index in [1.165, 1.54) is 22.8 Å². The van der Waals surface area contributed by atoms with Crippen LogP contribution in [-0.4, -0.2) is 37.3 Å². The first-order valence-corrected chi connectivity index (χ1v) is 15.1. The molecule has 0 atom stereocenters. The van der Waals surface area contributed by atoms with Gasteiger partial charge in [-0.25, -0.2) is 22.6 Å². The molecule has 0 aliphatic carbocycles. The first kappa shape index (κ1) is 29.0. The third-order valence-corrected chi connectivity index (χ3v) is 8.65. The van der Waals surface area contributed by atoms with Gasteiger partial charge in [0.1, 0.15) is 17.2 Å². The molecule has 0 saturated heterocycles. The molecule has 2 N–H and O–H groups in total. The van der Waals surface area contributed by atoms with E-state index in [1.54, 1.807) is 55.9 Å². The van der Waals surface area contributed by atoms with Crippen molar-refractivity contribution in [3.63, 3.8) is 0 Å². The first-order chi connectivity index (χ1) is 20.0. The van der Waals surface area contributed by atoms with Gasteiger partial charge in [-0.15, -0.1) is 0 Å². The van der Waals surface area contributed by atoms with Gasteiger partial charge in [-0.2, -0.15) is 5.10 Å². The summed E-state index contributed by atoms with van der Waals surface area (Å²) in [6.07, 6.45) is 1.77. The summed E-state index contributed by atoms with van der Waals surface area (Å²) < 4.78 is 47.1. The van der Waals surface area contributed by atoms with Crippen molar-refractivity contribution < 1.29 is 12.8 Å². The number of aromatic amines is 1. The number of hydrogen-bond donors (Lipinski definition) is 2. The molecule has 0 aliphatic rings. The van der Waals surface area contributed by atoms with Crippen LogP contribution in [-0.2, 0) is 36.6 Å². The summed E-state index contributed by atoms with van der Waals surface area (Å²) in [6.45, 7) is 5.65. The van der Waals surface area contributed by atoms with Gasteiger partial charge in [-0.3, -0.25) is 23.3 Å². The number of aromatic nitrogens is 6. The second-order valence-electron chi connectivity index (χ2n) is 10.2. The van der Waals surface area contributed by atoms with Crippen LogP contribution in [0, 0.1) is 19.7 Å². The topological polar surface area (TPSA) is 137 Å². The van der Waals surface area contributed by atoms with Crippen molar-refractivity contribution in [2.24, 2.45) is 7.05 Å². The normalized spacial score (nSPS) is 11.8. The number of hydrogen-bond acceptors (Lipinski definition) is 6. The molecule has 5 aromatic rings. The smallest absolute Gasteiger partial charge is 0.333 e. The molecule has 0 amide bonds. The standard InChI is InChI=1S/C29H32FN7O4S/c1-5-6-15-36-27-26(28(38)37(29(36)39)17-21-9-7-8-10-23(21)30)31-24(32-27)16-20-11-13-22(14-12-20)42(40,41)34-25-18(2)33-35(4)19(25)3/h7-14,34H,5-6,15-17H2,1-4H3,(H,31,32). The highest BCUT2D eigenvalue weighted by molar-refractivity contribution is 7.92. The zero-order valence-electron chi connectivity index (χ0n) is 23.8. The molecule has 5 rings (SSSR count). The number of nitrogens with zero attached hydrogens (tertiary/aromatic N) is 5. The number of rotatable bonds is 10. The minimum absolute atomic E-state index is 0.0861. The number of unbranched alkanes of at least 4 members (excludes halogenated alkanes) is 1. The van der Waals surface area contributed by atoms with Gasteiger partial charge in [0.25, 0.3) is 15.6 Å². The fourth-order valence-corrected chi connectivity index (χ4v) is 6.02. The van der Waals surface area contributed by atoms with Crippen LogP contribution in [0.15, 0.2) is 63.0 Å². The third kappa shape index (κ3) is 5.51. The highest BCUT2D eigenvalue weighted by Gasteiger charge is 2.21. The summed E-state index contributed by atoms with van der Waals surface area (Å²) >= 11 is 0. The van der Waals surface area contributed by atoms with Crippen LogP contribution >= 0.6 is 0 Å². The van der Waals surface area contributed by atoms with Gasteiger partial charge in [-0.05, 0) is 44.0 Å². The first-order valence-electron chi connectivity index (χ1n) is 13.6. The molecule has 0 bridgehead atoms. The zero-order valence-corrected chi connectivity index (χ0v) is 24.6. The number of nitrogens with one attached hydrogen (secondary N) is 2. The van der Waals surface area contributed by atoms with E-state index in [0.717, 1.165) is 16.6 Å². The van der Waals surface area contributed by atoms with Crippen LogP contribution in [0.3, 0.4) is 0 Å². The Labute approximate surface area is 241 Å². The summed E-state index contributed by atoms with van der Waals surface area (Å²) in [5, 5.41) is 4.25. The number of benzene rings is 2. The summed E-state index contributed by atoms with van der Waals surface area (Å²) in [5.41, 5.74) is 1.95. The van der Waals surface area contributed by atoms with Crippen molar-refractivity contribution >= 4 is 26.9 Å². The molecule has 0 aliphatic heterocycles. The Kier molecular flexibility index (Phi) is 7.87. The Balaban J connectivity index is 1.46. The second kappa shape index (κ2) is 11.4. The lowest BCUT2D eigenvalue weighted by Crippen LogP contribution is -2.40. The molecule has 0 fully saturated rings. The lowest BCUT2D eigenvalue weighted by molar-refractivity contribution is 0.553. The molecule has 0 radical (unpaired) electrons. The Bertz CT molecular complexity index is 2000. The van der Waals surface area contributed by atoms with E-state index in [-0.39, 0.29) is 34.6 Å². The lowest BCUT2D eigenvalue weighted by Gasteiger charge is -2.11. The molecule has 0 unspecified atom stereocenters. The van der Waals surface area contributed by atoms with Crippen molar-refractivity contribution in [1.29, 1.82) is 0 Å². The van der Waals surface area contributed by atoms with Crippen LogP contribution in [0.1, 0.15) is 48.1 Å². The van der Waals surface area contributed by atoms with E-state index in [4.69, 9.17) is 0 Å². The lowest BCUT2D eigenvalue weighted by atomic mass is 10.1. The molecular formula is C29H32FN7O4S. The largest absolute Gasteiger partial charge is 0.336 e. The van der Waals surface area contributed by atoms with Crippen LogP contribution in [0.4, 0.5) is 10.1 Å². The monoisotopic (exact) mass is 593 g/mol. The maximum absolute atomic E-state index is 14.4. The van der Waals surface area contributed by atoms with E-state index < -0.39 is 27.1 Å². The number of sulfonamides is 1. The van der Waals surface area contributed by atoms with Gasteiger partial charge in [0.05, 0.1) is 28.5 Å². The van der Waals surface area contributed by atoms with Gasteiger partial charge in [-0.1, -0.05) is 43.7 Å². The highest BCUT2D eigenvalue weighted by atomic mass is 32.2. The molecule has 2 aromatic carbocycles. The maximum atomic E-state index is 14.4. The van der Waals surface area contributed by atoms with Crippen molar-refractivity contribution in [1.82, 2.24) is 28.9 Å². The van der Waals surface area contributed by atoms with Crippen LogP contribution in [0.5, 0.6) is 0 Å². The van der Waals surface area contributed by atoms with Crippen molar-refractivity contribution in [2.45, 2.75) is 58.0 Å². The fourth-order valence-electron chi connectivity index (χ4n) is 4.85. The number of H-pyrrole nitrogens is 1. The van der Waals surface area contributed by atoms with Gasteiger partial charge in [0.15, 0.2) is 5.65 Å². The Hall–Kier alpha value is -4.52. The minimum Gasteiger partial charge on any atom is -0.336 e. The summed E-state index contributed by atoms with van der Waals surface area (Å²) in [7, 11) is -2.10. The predicted molar refractivity (Wildman–Crippen MR) is 158 cm³/mol. The minimum atomic E-state index is -3.85. The van der Waals surface area contributed by atoms with Crippen molar-refractivity contribution in [3.8, 4) is 0 Å². The fraction of sp³-hybridized carbons (Fsp3) is 0.310. The van der Waals surface area contributed by atoms with Crippen LogP contribution in [0.25, 0.3) is 11.2 Å². The predicted octanol–water partition coefficient (Wildman–Crippen LogP) is 3.62. The molecule has 42 heavy (non-hydrogen) atoms. The number of imidazole rings is 1. The van der Waals surface area contributed by atoms with E-state index in [9.17, 15) is 22.4 Å². The van der Waals surface area contributed by atoms with Crippen LogP contribution in [0.2, 0.25) is 0 Å². The number of fused-ring (bicyclic) bond motifs is 1. The average molecular weight is 594 g/mol. The van der Waals surface area contributed by atoms with E-state index in [1.807, 2.05) is 6.92 Å². The van der Waals surface area contributed by atoms with E-state index in [0.29, 0.717) is 35.9 Å². The average Bonchev–Trinajstić information content (AvgIpc) is 3.48. The van der Waals surface area contributed by atoms with Gasteiger partial charge in [0.2, 0.25) is 0 Å². The second-order valence-corrected chi connectivity index (χ2v) is 11.9. The number of aryl methyl sites for hydroxylation is 3. The van der Waals surface area contributed by atoms with E-state index >= 15 is 0 Å². The molecule has 0 spiro atoms. The SMILES string of the molecule is CCCCn1c(=O)n(Cc2ccccc2F)c(=O)c2[nH]c(Cc3ccc(S(=O)(=O)Nc4c(C)nn(C)c4C)cc3)nc21. The molecule has 3 heterocycles. The summed E-state index contributed by atoms with van der Waals surface area (Å²) in [5.74, 6) is -0.0635. The molecule has 3 aromatic heterocycles. The Morgan fingerprint density at radius 3 is 2.38 bits per heavy atom. The molecule has 11 nitrogen and oxygen atoms in total. The molecule has 0 saturated carbocycles. The van der Waals surface area contributed by atoms with Crippen molar-refractivity contribution in [3.05, 3.63) is 104 Å². The Morgan fingerprint density at radius 1 is 1.02 bits per heavy atom. The third-order valence-electron chi connectivity index (χ3n) is 7.28. The molecular weight excluding hydrogens is 561 g/mol. The molecule has 13 heteroatoms. The maximum Gasteiger partial charge on any atom is 0.333 e. The summed E-state index contributed by atoms with van der Waals surface area (Å²) in [4.78, 5) is 34.5. The number of halogens is 1. The van der Waals surface area contributed by atoms with Gasteiger partial charge < -0.3 is 4.98 Å². The van der Waals surface area contributed by atoms with E-state index in [2.05, 4.69) is 19.8 Å². The Morgan fingerprint density at radius 2 is 1.74 bits per heavy atom. The number of anilines is 1.